The van der Waals surface area contributed by atoms with Crippen molar-refractivity contribution in [1.82, 2.24) is 5.32 Å². The summed E-state index contributed by atoms with van der Waals surface area (Å²) in [6, 6.07) is 0. The lowest BCUT2D eigenvalue weighted by Gasteiger charge is -2.25. The van der Waals surface area contributed by atoms with Crippen LogP contribution in [0.5, 0.6) is 0 Å². The smallest absolute Gasteiger partial charge is 0.257 e. The van der Waals surface area contributed by atoms with Gasteiger partial charge in [-0.2, -0.15) is 0 Å². The van der Waals surface area contributed by atoms with Gasteiger partial charge in [-0.1, -0.05) is 6.08 Å². The van der Waals surface area contributed by atoms with Gasteiger partial charge in [-0.3, -0.25) is 4.79 Å². The molecule has 1 heterocycles. The van der Waals surface area contributed by atoms with Crippen molar-refractivity contribution in [2.75, 3.05) is 6.54 Å². The van der Waals surface area contributed by atoms with Crippen molar-refractivity contribution in [2.45, 2.75) is 27.7 Å². The largest absolute Gasteiger partial charge is 0.387 e. The number of hydrogen-bond acceptors (Lipinski definition) is 3. The Hall–Kier alpha value is -1.88. The monoisotopic (exact) mass is 262 g/mol. The topological polar surface area (TPSA) is 93.5 Å². The molecule has 5 N–H and O–H groups in total. The first-order valence-corrected chi connectivity index (χ1v) is 6.19. The second kappa shape index (κ2) is 5.84. The molecule has 1 aliphatic heterocycles. The van der Waals surface area contributed by atoms with Crippen molar-refractivity contribution in [1.29, 1.82) is 0 Å². The fourth-order valence-corrected chi connectivity index (χ4v) is 1.61. The van der Waals surface area contributed by atoms with Gasteiger partial charge in [0, 0.05) is 18.4 Å². The van der Waals surface area contributed by atoms with E-state index in [9.17, 15) is 4.79 Å². The van der Waals surface area contributed by atoms with Gasteiger partial charge >= 0.3 is 0 Å². The zero-order valence-electron chi connectivity index (χ0n) is 11.9. The Morgan fingerprint density at radius 2 is 2.00 bits per heavy atom. The van der Waals surface area contributed by atoms with E-state index in [1.165, 1.54) is 0 Å². The van der Waals surface area contributed by atoms with Gasteiger partial charge in [-0.05, 0) is 44.9 Å². The average molecular weight is 262 g/mol. The van der Waals surface area contributed by atoms with Crippen LogP contribution in [-0.2, 0) is 4.79 Å². The average Bonchev–Trinajstić information content (AvgIpc) is 2.37. The first kappa shape index (κ1) is 15.2. The molecule has 0 unspecified atom stereocenters. The molecule has 0 saturated carbocycles. The maximum absolute atomic E-state index is 12.0. The van der Waals surface area contributed by atoms with Crippen LogP contribution in [0.25, 0.3) is 0 Å². The molecule has 0 atom stereocenters. The molecule has 0 aliphatic carbocycles. The molecule has 0 fully saturated rings. The van der Waals surface area contributed by atoms with Crippen molar-refractivity contribution < 1.29 is 4.79 Å². The third kappa shape index (κ3) is 3.54. The van der Waals surface area contributed by atoms with Crippen molar-refractivity contribution in [3.8, 4) is 0 Å². The lowest BCUT2D eigenvalue weighted by atomic mass is 9.82. The Balaban J connectivity index is 2.96. The minimum absolute atomic E-state index is 0.256. The van der Waals surface area contributed by atoms with Gasteiger partial charge in [0.05, 0.1) is 11.3 Å². The van der Waals surface area contributed by atoms with Crippen molar-refractivity contribution in [2.24, 2.45) is 21.9 Å². The van der Waals surface area contributed by atoms with Gasteiger partial charge in [-0.15, -0.1) is 0 Å². The summed E-state index contributed by atoms with van der Waals surface area (Å²) in [7, 11) is 0. The van der Waals surface area contributed by atoms with Gasteiger partial charge in [0.25, 0.3) is 5.91 Å². The molecule has 0 aromatic carbocycles. The van der Waals surface area contributed by atoms with Crippen LogP contribution in [-0.4, -0.2) is 18.3 Å². The molecular weight excluding hydrogens is 240 g/mol. The highest BCUT2D eigenvalue weighted by atomic mass is 16.1. The van der Waals surface area contributed by atoms with E-state index < -0.39 is 5.41 Å². The molecule has 19 heavy (non-hydrogen) atoms. The summed E-state index contributed by atoms with van der Waals surface area (Å²) in [6.07, 6.45) is 5.64. The quantitative estimate of drug-likeness (QED) is 0.526. The summed E-state index contributed by atoms with van der Waals surface area (Å²) < 4.78 is 0. The van der Waals surface area contributed by atoms with Crippen LogP contribution in [0.1, 0.15) is 27.7 Å². The molecule has 0 spiro atoms. The zero-order valence-corrected chi connectivity index (χ0v) is 11.9. The van der Waals surface area contributed by atoms with Crippen LogP contribution in [0.3, 0.4) is 0 Å². The molecule has 0 saturated heterocycles. The van der Waals surface area contributed by atoms with E-state index in [1.54, 1.807) is 6.92 Å². The lowest BCUT2D eigenvalue weighted by Crippen LogP contribution is -2.29. The molecule has 104 valence electrons. The van der Waals surface area contributed by atoms with Gasteiger partial charge < -0.3 is 16.8 Å². The summed E-state index contributed by atoms with van der Waals surface area (Å²) in [4.78, 5) is 15.9. The number of dihydropyridines is 1. The standard InChI is InChI=1S/C14H22N4O/c1-9(7-15)12-6-5-11(8-17-12)14(3,4)13(19)18-10(2)16/h5-6,8,17H,7,15H2,1-4H3,(H2,16,18,19)/b12-9-. The first-order valence-electron chi connectivity index (χ1n) is 6.19. The molecule has 1 amide bonds. The van der Waals surface area contributed by atoms with E-state index in [4.69, 9.17) is 11.5 Å². The number of amidine groups is 1. The van der Waals surface area contributed by atoms with Gasteiger partial charge in [-0.25, -0.2) is 4.99 Å². The Morgan fingerprint density at radius 1 is 1.37 bits per heavy atom. The number of nitrogens with two attached hydrogens (primary N) is 2. The first-order chi connectivity index (χ1) is 8.78. The summed E-state index contributed by atoms with van der Waals surface area (Å²) in [5.74, 6) is 0.0131. The molecule has 5 nitrogen and oxygen atoms in total. The normalized spacial score (nSPS) is 18.8. The minimum atomic E-state index is -0.716. The fourth-order valence-electron chi connectivity index (χ4n) is 1.61. The molecule has 0 aromatic heterocycles. The highest BCUT2D eigenvalue weighted by Crippen LogP contribution is 2.30. The van der Waals surface area contributed by atoms with E-state index >= 15 is 0 Å². The van der Waals surface area contributed by atoms with E-state index in [0.717, 1.165) is 16.8 Å². The van der Waals surface area contributed by atoms with E-state index in [1.807, 2.05) is 39.1 Å². The van der Waals surface area contributed by atoms with E-state index in [0.29, 0.717) is 6.54 Å². The number of nitrogens with one attached hydrogen (secondary N) is 1. The molecule has 0 bridgehead atoms. The molecule has 0 aromatic rings. The summed E-state index contributed by atoms with van der Waals surface area (Å²) in [5, 5.41) is 3.15. The SMILES string of the molecule is CC(N)=NC(=O)C(C)(C)C1=CN/C(=C(/C)CN)C=C1. The van der Waals surface area contributed by atoms with Crippen molar-refractivity contribution in [3.05, 3.63) is 35.2 Å². The minimum Gasteiger partial charge on any atom is -0.387 e. The van der Waals surface area contributed by atoms with E-state index in [-0.39, 0.29) is 11.7 Å². The lowest BCUT2D eigenvalue weighted by molar-refractivity contribution is -0.123. The number of carbonyl (C=O) groups is 1. The van der Waals surface area contributed by atoms with Crippen LogP contribution < -0.4 is 16.8 Å². The van der Waals surface area contributed by atoms with Gasteiger partial charge in [0.15, 0.2) is 0 Å². The number of rotatable bonds is 3. The van der Waals surface area contributed by atoms with Crippen LogP contribution in [0.4, 0.5) is 0 Å². The Morgan fingerprint density at radius 3 is 2.42 bits per heavy atom. The van der Waals surface area contributed by atoms with Gasteiger partial charge in [0.1, 0.15) is 0 Å². The maximum Gasteiger partial charge on any atom is 0.257 e. The van der Waals surface area contributed by atoms with Crippen molar-refractivity contribution >= 4 is 11.7 Å². The zero-order chi connectivity index (χ0) is 14.6. The maximum atomic E-state index is 12.0. The summed E-state index contributed by atoms with van der Waals surface area (Å²) in [6.45, 7) is 7.70. The molecule has 5 heteroatoms. The number of allylic oxidation sites excluding steroid dienone is 2. The summed E-state index contributed by atoms with van der Waals surface area (Å²) >= 11 is 0. The van der Waals surface area contributed by atoms with Crippen LogP contribution in [0.2, 0.25) is 0 Å². The number of hydrogen-bond donors (Lipinski definition) is 3. The Bertz CT molecular complexity index is 492. The Kier molecular flexibility index (Phi) is 4.67. The summed E-state index contributed by atoms with van der Waals surface area (Å²) in [5.41, 5.74) is 13.2. The molecule has 1 rings (SSSR count). The van der Waals surface area contributed by atoms with Gasteiger partial charge in [0.2, 0.25) is 0 Å². The van der Waals surface area contributed by atoms with E-state index in [2.05, 4.69) is 10.3 Å². The molecule has 1 aliphatic rings. The van der Waals surface area contributed by atoms with Crippen LogP contribution in [0.15, 0.2) is 40.2 Å². The number of nitrogens with zero attached hydrogens (tertiary/aromatic N) is 1. The predicted octanol–water partition coefficient (Wildman–Crippen LogP) is 1.19. The van der Waals surface area contributed by atoms with Crippen LogP contribution >= 0.6 is 0 Å². The van der Waals surface area contributed by atoms with Crippen LogP contribution in [0, 0.1) is 5.41 Å². The second-order valence-electron chi connectivity index (χ2n) is 5.16. The Labute approximate surface area is 114 Å². The number of amides is 1. The second-order valence-corrected chi connectivity index (χ2v) is 5.16. The number of carbonyl (C=O) groups excluding carboxylic acids is 1. The number of aliphatic imine (C=N–C) groups is 1. The highest BCUT2D eigenvalue weighted by molar-refractivity contribution is 5.96. The van der Waals surface area contributed by atoms with Crippen molar-refractivity contribution in [3.63, 3.8) is 0 Å². The molecular formula is C14H22N4O. The fraction of sp³-hybridized carbons (Fsp3) is 0.429. The molecule has 0 radical (unpaired) electrons. The third-order valence-corrected chi connectivity index (χ3v) is 3.11. The highest BCUT2D eigenvalue weighted by Gasteiger charge is 2.31. The third-order valence-electron chi connectivity index (χ3n) is 3.11. The predicted molar refractivity (Wildman–Crippen MR) is 78.2 cm³/mol.